The Balaban J connectivity index is 0. The van der Waals surface area contributed by atoms with Crippen molar-refractivity contribution in [3.8, 4) is 0 Å². The summed E-state index contributed by atoms with van der Waals surface area (Å²) in [5, 5.41) is 0. The van der Waals surface area contributed by atoms with E-state index in [4.69, 9.17) is 5.73 Å². The molecule has 2 N–H and O–H groups in total. The van der Waals surface area contributed by atoms with Crippen LogP contribution in [-0.4, -0.2) is 30.4 Å². The fraction of sp³-hybridized carbons (Fsp3) is 0.615. The molecule has 0 bridgehead atoms. The van der Waals surface area contributed by atoms with Crippen LogP contribution in [-0.2, 0) is 4.79 Å². The number of rotatable bonds is 10. The summed E-state index contributed by atoms with van der Waals surface area (Å²) in [7, 11) is 0. The first-order valence-electron chi connectivity index (χ1n) is 5.95. The lowest BCUT2D eigenvalue weighted by Gasteiger charge is -2.19. The Bertz CT molecular complexity index is 209. The van der Waals surface area contributed by atoms with E-state index in [9.17, 15) is 4.79 Å². The predicted octanol–water partition coefficient (Wildman–Crippen LogP) is 2.52. The molecule has 0 unspecified atom stereocenters. The molecule has 100 valence electrons. The van der Waals surface area contributed by atoms with Gasteiger partial charge in [0.15, 0.2) is 0 Å². The third-order valence-electron chi connectivity index (χ3n) is 2.40. The third kappa shape index (κ3) is 10.1. The minimum atomic E-state index is 0. The summed E-state index contributed by atoms with van der Waals surface area (Å²) in [6.07, 6.45) is 8.31. The molecule has 0 aromatic heterocycles. The number of nitrogens with zero attached hydrogens (tertiary/aromatic N) is 1. The summed E-state index contributed by atoms with van der Waals surface area (Å²) >= 11 is 0. The SMILES string of the molecule is C=CCN(CC=C)C(=O)CCCCCCN.Cl. The van der Waals surface area contributed by atoms with E-state index in [0.29, 0.717) is 19.5 Å². The minimum absolute atomic E-state index is 0. The van der Waals surface area contributed by atoms with Crippen molar-refractivity contribution in [3.63, 3.8) is 0 Å². The van der Waals surface area contributed by atoms with E-state index in [2.05, 4.69) is 13.2 Å². The highest BCUT2D eigenvalue weighted by atomic mass is 35.5. The van der Waals surface area contributed by atoms with Crippen LogP contribution in [0.15, 0.2) is 25.3 Å². The third-order valence-corrected chi connectivity index (χ3v) is 2.40. The average molecular weight is 261 g/mol. The van der Waals surface area contributed by atoms with Crippen LogP contribution in [0.3, 0.4) is 0 Å². The van der Waals surface area contributed by atoms with Gasteiger partial charge in [-0.25, -0.2) is 0 Å². The Hall–Kier alpha value is -0.800. The normalized spacial score (nSPS) is 9.24. The maximum Gasteiger partial charge on any atom is 0.223 e. The standard InChI is InChI=1S/C13H24N2O.ClH/c1-3-11-15(12-4-2)13(16)9-7-5-6-8-10-14;/h3-4H,1-2,5-12,14H2;1H. The molecule has 0 atom stereocenters. The first-order chi connectivity index (χ1) is 7.76. The second-order valence-electron chi connectivity index (χ2n) is 3.83. The van der Waals surface area contributed by atoms with Gasteiger partial charge in [0.05, 0.1) is 0 Å². The molecule has 0 fully saturated rings. The van der Waals surface area contributed by atoms with Crippen molar-refractivity contribution in [2.24, 2.45) is 5.73 Å². The molecule has 0 radical (unpaired) electrons. The predicted molar refractivity (Wildman–Crippen MR) is 76.4 cm³/mol. The molecule has 0 aliphatic rings. The lowest BCUT2D eigenvalue weighted by atomic mass is 10.1. The van der Waals surface area contributed by atoms with Crippen LogP contribution in [0.1, 0.15) is 32.1 Å². The Morgan fingerprint density at radius 3 is 2.06 bits per heavy atom. The van der Waals surface area contributed by atoms with Gasteiger partial charge in [0.25, 0.3) is 0 Å². The maximum atomic E-state index is 11.8. The van der Waals surface area contributed by atoms with Crippen LogP contribution >= 0.6 is 12.4 Å². The van der Waals surface area contributed by atoms with E-state index in [1.54, 1.807) is 17.1 Å². The lowest BCUT2D eigenvalue weighted by molar-refractivity contribution is -0.130. The van der Waals surface area contributed by atoms with Crippen molar-refractivity contribution in [2.45, 2.75) is 32.1 Å². The van der Waals surface area contributed by atoms with Crippen molar-refractivity contribution in [2.75, 3.05) is 19.6 Å². The zero-order valence-corrected chi connectivity index (χ0v) is 11.4. The van der Waals surface area contributed by atoms with E-state index in [1.165, 1.54) is 0 Å². The summed E-state index contributed by atoms with van der Waals surface area (Å²) in [5.74, 6) is 0.188. The second kappa shape index (κ2) is 13.3. The minimum Gasteiger partial charge on any atom is -0.335 e. The van der Waals surface area contributed by atoms with Gasteiger partial charge in [0, 0.05) is 19.5 Å². The molecule has 0 rings (SSSR count). The quantitative estimate of drug-likeness (QED) is 0.485. The number of carbonyl (C=O) groups is 1. The summed E-state index contributed by atoms with van der Waals surface area (Å²) in [6.45, 7) is 9.24. The van der Waals surface area contributed by atoms with Gasteiger partial charge in [-0.05, 0) is 19.4 Å². The van der Waals surface area contributed by atoms with Crippen LogP contribution in [0.25, 0.3) is 0 Å². The van der Waals surface area contributed by atoms with Crippen LogP contribution in [0.4, 0.5) is 0 Å². The number of amides is 1. The fourth-order valence-electron chi connectivity index (χ4n) is 1.52. The van der Waals surface area contributed by atoms with Crippen LogP contribution < -0.4 is 5.73 Å². The molecular formula is C13H25ClN2O. The molecule has 4 heteroatoms. The summed E-state index contributed by atoms with van der Waals surface area (Å²) in [6, 6.07) is 0. The lowest BCUT2D eigenvalue weighted by Crippen LogP contribution is -2.31. The van der Waals surface area contributed by atoms with Crippen LogP contribution in [0, 0.1) is 0 Å². The van der Waals surface area contributed by atoms with Gasteiger partial charge < -0.3 is 10.6 Å². The number of unbranched alkanes of at least 4 members (excludes halogenated alkanes) is 3. The smallest absolute Gasteiger partial charge is 0.223 e. The highest BCUT2D eigenvalue weighted by Gasteiger charge is 2.09. The largest absolute Gasteiger partial charge is 0.335 e. The van der Waals surface area contributed by atoms with E-state index in [-0.39, 0.29) is 18.3 Å². The fourth-order valence-corrected chi connectivity index (χ4v) is 1.52. The van der Waals surface area contributed by atoms with Crippen LogP contribution in [0.5, 0.6) is 0 Å². The van der Waals surface area contributed by atoms with Crippen molar-refractivity contribution in [3.05, 3.63) is 25.3 Å². The second-order valence-corrected chi connectivity index (χ2v) is 3.83. The van der Waals surface area contributed by atoms with Crippen molar-refractivity contribution < 1.29 is 4.79 Å². The molecule has 0 aromatic carbocycles. The molecule has 0 aromatic rings. The Morgan fingerprint density at radius 1 is 1.06 bits per heavy atom. The maximum absolute atomic E-state index is 11.8. The number of halogens is 1. The molecule has 17 heavy (non-hydrogen) atoms. The zero-order valence-electron chi connectivity index (χ0n) is 10.6. The molecule has 0 heterocycles. The Morgan fingerprint density at radius 2 is 1.59 bits per heavy atom. The monoisotopic (exact) mass is 260 g/mol. The van der Waals surface area contributed by atoms with Gasteiger partial charge in [-0.1, -0.05) is 25.0 Å². The molecule has 0 saturated carbocycles. The number of hydrogen-bond donors (Lipinski definition) is 1. The van der Waals surface area contributed by atoms with Gasteiger partial charge in [-0.3, -0.25) is 4.79 Å². The van der Waals surface area contributed by atoms with Crippen molar-refractivity contribution in [1.29, 1.82) is 0 Å². The average Bonchev–Trinajstić information content (AvgIpc) is 2.28. The summed E-state index contributed by atoms with van der Waals surface area (Å²) in [5.41, 5.74) is 5.40. The molecule has 0 saturated heterocycles. The first-order valence-corrected chi connectivity index (χ1v) is 5.95. The molecule has 0 aliphatic carbocycles. The highest BCUT2D eigenvalue weighted by Crippen LogP contribution is 2.05. The van der Waals surface area contributed by atoms with Crippen molar-refractivity contribution >= 4 is 18.3 Å². The Labute approximate surface area is 111 Å². The van der Waals surface area contributed by atoms with Gasteiger partial charge in [-0.2, -0.15) is 0 Å². The Kier molecular flexibility index (Phi) is 14.5. The number of hydrogen-bond acceptors (Lipinski definition) is 2. The van der Waals surface area contributed by atoms with E-state index in [0.717, 1.165) is 32.2 Å². The van der Waals surface area contributed by atoms with Gasteiger partial charge in [0.1, 0.15) is 0 Å². The molecular weight excluding hydrogens is 236 g/mol. The van der Waals surface area contributed by atoms with E-state index in [1.807, 2.05) is 0 Å². The van der Waals surface area contributed by atoms with E-state index < -0.39 is 0 Å². The van der Waals surface area contributed by atoms with Gasteiger partial charge in [0.2, 0.25) is 5.91 Å². The number of carbonyl (C=O) groups excluding carboxylic acids is 1. The molecule has 0 spiro atoms. The van der Waals surface area contributed by atoms with Gasteiger partial charge >= 0.3 is 0 Å². The van der Waals surface area contributed by atoms with Crippen molar-refractivity contribution in [1.82, 2.24) is 4.90 Å². The topological polar surface area (TPSA) is 46.3 Å². The molecule has 0 aliphatic heterocycles. The highest BCUT2D eigenvalue weighted by molar-refractivity contribution is 5.85. The van der Waals surface area contributed by atoms with E-state index >= 15 is 0 Å². The number of nitrogens with two attached hydrogens (primary N) is 1. The van der Waals surface area contributed by atoms with Gasteiger partial charge in [-0.15, -0.1) is 25.6 Å². The van der Waals surface area contributed by atoms with Crippen LogP contribution in [0.2, 0.25) is 0 Å². The first kappa shape index (κ1) is 18.6. The zero-order chi connectivity index (χ0) is 12.2. The molecule has 1 amide bonds. The summed E-state index contributed by atoms with van der Waals surface area (Å²) < 4.78 is 0. The molecule has 3 nitrogen and oxygen atoms in total. The summed E-state index contributed by atoms with van der Waals surface area (Å²) in [4.78, 5) is 13.5.